The van der Waals surface area contributed by atoms with Crippen molar-refractivity contribution in [2.75, 3.05) is 36.0 Å². The van der Waals surface area contributed by atoms with Crippen molar-refractivity contribution in [2.24, 2.45) is 7.05 Å². The predicted molar refractivity (Wildman–Crippen MR) is 96.6 cm³/mol. The molecule has 4 nitrogen and oxygen atoms in total. The highest BCUT2D eigenvalue weighted by Gasteiger charge is 2.21. The van der Waals surface area contributed by atoms with E-state index in [4.69, 9.17) is 16.6 Å². The molecule has 3 aromatic rings. The van der Waals surface area contributed by atoms with Crippen molar-refractivity contribution in [3.8, 4) is 0 Å². The first-order valence-corrected chi connectivity index (χ1v) is 8.27. The number of hydrogen-bond acceptors (Lipinski definition) is 3. The number of para-hydroxylation sites is 2. The molecule has 1 aliphatic heterocycles. The Hall–Kier alpha value is -2.20. The summed E-state index contributed by atoms with van der Waals surface area (Å²) in [7, 11) is 2.09. The number of aryl methyl sites for hydroxylation is 1. The zero-order valence-corrected chi connectivity index (χ0v) is 13.9. The number of fused-ring (bicyclic) bond motifs is 1. The molecule has 1 saturated heterocycles. The SMILES string of the molecule is Cn1c(N2CCN(c3ccc(Cl)cc3)CC2)nc2ccccc21. The Morgan fingerprint density at radius 3 is 2.22 bits per heavy atom. The first-order valence-electron chi connectivity index (χ1n) is 7.89. The highest BCUT2D eigenvalue weighted by Crippen LogP contribution is 2.24. The summed E-state index contributed by atoms with van der Waals surface area (Å²) < 4.78 is 2.19. The van der Waals surface area contributed by atoms with Crippen molar-refractivity contribution >= 4 is 34.3 Å². The minimum absolute atomic E-state index is 0.784. The largest absolute Gasteiger partial charge is 0.368 e. The summed E-state index contributed by atoms with van der Waals surface area (Å²) in [6, 6.07) is 16.4. The maximum absolute atomic E-state index is 5.97. The highest BCUT2D eigenvalue weighted by molar-refractivity contribution is 6.30. The summed E-state index contributed by atoms with van der Waals surface area (Å²) in [5.41, 5.74) is 3.48. The number of aromatic nitrogens is 2. The van der Waals surface area contributed by atoms with E-state index in [9.17, 15) is 0 Å². The van der Waals surface area contributed by atoms with E-state index in [0.717, 1.165) is 42.7 Å². The normalized spacial score (nSPS) is 15.4. The molecular formula is C18H19ClN4. The second-order valence-corrected chi connectivity index (χ2v) is 6.35. The maximum Gasteiger partial charge on any atom is 0.206 e. The molecule has 0 radical (unpaired) electrons. The third-order valence-electron chi connectivity index (χ3n) is 4.52. The molecule has 5 heteroatoms. The Balaban J connectivity index is 1.52. The Labute approximate surface area is 140 Å². The van der Waals surface area contributed by atoms with Crippen LogP contribution in [-0.4, -0.2) is 35.7 Å². The van der Waals surface area contributed by atoms with Crippen molar-refractivity contribution in [3.05, 3.63) is 53.6 Å². The fourth-order valence-corrected chi connectivity index (χ4v) is 3.36. The Morgan fingerprint density at radius 2 is 1.52 bits per heavy atom. The van der Waals surface area contributed by atoms with E-state index in [2.05, 4.69) is 51.7 Å². The third-order valence-corrected chi connectivity index (χ3v) is 4.77. The van der Waals surface area contributed by atoms with E-state index in [-0.39, 0.29) is 0 Å². The zero-order valence-electron chi connectivity index (χ0n) is 13.1. The molecule has 0 amide bonds. The van der Waals surface area contributed by atoms with Crippen LogP contribution in [0.25, 0.3) is 11.0 Å². The molecule has 0 atom stereocenters. The van der Waals surface area contributed by atoms with Crippen LogP contribution in [0.4, 0.5) is 11.6 Å². The van der Waals surface area contributed by atoms with Crippen LogP contribution in [0, 0.1) is 0 Å². The molecule has 118 valence electrons. The molecule has 1 fully saturated rings. The number of halogens is 1. The van der Waals surface area contributed by atoms with Crippen LogP contribution in [-0.2, 0) is 7.05 Å². The Morgan fingerprint density at radius 1 is 0.870 bits per heavy atom. The van der Waals surface area contributed by atoms with Gasteiger partial charge in [-0.15, -0.1) is 0 Å². The average Bonchev–Trinajstić information content (AvgIpc) is 2.93. The molecule has 1 aliphatic rings. The predicted octanol–water partition coefficient (Wildman–Crippen LogP) is 3.55. The molecule has 4 rings (SSSR count). The van der Waals surface area contributed by atoms with Crippen LogP contribution in [0.1, 0.15) is 0 Å². The summed E-state index contributed by atoms with van der Waals surface area (Å²) in [6.45, 7) is 3.93. The van der Waals surface area contributed by atoms with Gasteiger partial charge in [0.2, 0.25) is 5.95 Å². The van der Waals surface area contributed by atoms with Gasteiger partial charge >= 0.3 is 0 Å². The summed E-state index contributed by atoms with van der Waals surface area (Å²) in [6.07, 6.45) is 0. The van der Waals surface area contributed by atoms with Crippen molar-refractivity contribution in [1.29, 1.82) is 0 Å². The van der Waals surface area contributed by atoms with E-state index in [1.165, 1.54) is 11.2 Å². The lowest BCUT2D eigenvalue weighted by molar-refractivity contribution is 0.632. The van der Waals surface area contributed by atoms with Gasteiger partial charge in [-0.25, -0.2) is 4.98 Å². The Kier molecular flexibility index (Phi) is 3.62. The van der Waals surface area contributed by atoms with Gasteiger partial charge < -0.3 is 14.4 Å². The summed E-state index contributed by atoms with van der Waals surface area (Å²) in [5, 5.41) is 0.784. The van der Waals surface area contributed by atoms with E-state index < -0.39 is 0 Å². The van der Waals surface area contributed by atoms with Crippen LogP contribution in [0.3, 0.4) is 0 Å². The van der Waals surface area contributed by atoms with Gasteiger partial charge in [-0.2, -0.15) is 0 Å². The van der Waals surface area contributed by atoms with Gasteiger partial charge in [0.1, 0.15) is 0 Å². The van der Waals surface area contributed by atoms with E-state index in [1.807, 2.05) is 18.2 Å². The minimum atomic E-state index is 0.784. The molecule has 2 heterocycles. The summed E-state index contributed by atoms with van der Waals surface area (Å²) >= 11 is 5.97. The fourth-order valence-electron chi connectivity index (χ4n) is 3.23. The molecule has 0 aliphatic carbocycles. The second-order valence-electron chi connectivity index (χ2n) is 5.91. The number of benzene rings is 2. The average molecular weight is 327 g/mol. The van der Waals surface area contributed by atoms with Gasteiger partial charge in [0.25, 0.3) is 0 Å². The van der Waals surface area contributed by atoms with Crippen LogP contribution >= 0.6 is 11.6 Å². The second kappa shape index (κ2) is 5.78. The Bertz CT molecular complexity index is 817. The first-order chi connectivity index (χ1) is 11.2. The van der Waals surface area contributed by atoms with Gasteiger partial charge in [-0.05, 0) is 36.4 Å². The van der Waals surface area contributed by atoms with Crippen molar-refractivity contribution < 1.29 is 0 Å². The molecular weight excluding hydrogens is 308 g/mol. The van der Waals surface area contributed by atoms with Gasteiger partial charge in [0, 0.05) is 43.9 Å². The van der Waals surface area contributed by atoms with Crippen LogP contribution < -0.4 is 9.80 Å². The van der Waals surface area contributed by atoms with Gasteiger partial charge in [-0.1, -0.05) is 23.7 Å². The third kappa shape index (κ3) is 2.63. The standard InChI is InChI=1S/C18H19ClN4/c1-21-17-5-3-2-4-16(17)20-18(21)23-12-10-22(11-13-23)15-8-6-14(19)7-9-15/h2-9H,10-13H2,1H3. The number of nitrogens with zero attached hydrogens (tertiary/aromatic N) is 4. The topological polar surface area (TPSA) is 24.3 Å². The van der Waals surface area contributed by atoms with Crippen LogP contribution in [0.5, 0.6) is 0 Å². The van der Waals surface area contributed by atoms with E-state index >= 15 is 0 Å². The van der Waals surface area contributed by atoms with Gasteiger partial charge in [-0.3, -0.25) is 0 Å². The van der Waals surface area contributed by atoms with Crippen molar-refractivity contribution in [3.63, 3.8) is 0 Å². The molecule has 1 aromatic heterocycles. The number of piperazine rings is 1. The zero-order chi connectivity index (χ0) is 15.8. The van der Waals surface area contributed by atoms with E-state index in [1.54, 1.807) is 0 Å². The first kappa shape index (κ1) is 14.4. The number of hydrogen-bond donors (Lipinski definition) is 0. The number of anilines is 2. The molecule has 0 bridgehead atoms. The molecule has 23 heavy (non-hydrogen) atoms. The summed E-state index contributed by atoms with van der Waals surface area (Å²) in [5.74, 6) is 1.06. The lowest BCUT2D eigenvalue weighted by atomic mass is 10.2. The fraction of sp³-hybridized carbons (Fsp3) is 0.278. The highest BCUT2D eigenvalue weighted by atomic mass is 35.5. The summed E-state index contributed by atoms with van der Waals surface area (Å²) in [4.78, 5) is 9.56. The van der Waals surface area contributed by atoms with Crippen molar-refractivity contribution in [1.82, 2.24) is 9.55 Å². The minimum Gasteiger partial charge on any atom is -0.368 e. The molecule has 0 spiro atoms. The lowest BCUT2D eigenvalue weighted by Crippen LogP contribution is -2.47. The monoisotopic (exact) mass is 326 g/mol. The maximum atomic E-state index is 5.97. The molecule has 0 saturated carbocycles. The molecule has 0 N–H and O–H groups in total. The number of rotatable bonds is 2. The quantitative estimate of drug-likeness (QED) is 0.719. The molecule has 0 unspecified atom stereocenters. The van der Waals surface area contributed by atoms with Crippen LogP contribution in [0.15, 0.2) is 48.5 Å². The van der Waals surface area contributed by atoms with E-state index in [0.29, 0.717) is 0 Å². The van der Waals surface area contributed by atoms with Crippen molar-refractivity contribution in [2.45, 2.75) is 0 Å². The van der Waals surface area contributed by atoms with Gasteiger partial charge in [0.15, 0.2) is 0 Å². The molecule has 2 aromatic carbocycles. The van der Waals surface area contributed by atoms with Crippen LogP contribution in [0.2, 0.25) is 5.02 Å². The smallest absolute Gasteiger partial charge is 0.206 e. The number of imidazole rings is 1. The van der Waals surface area contributed by atoms with Gasteiger partial charge in [0.05, 0.1) is 11.0 Å². The lowest BCUT2D eigenvalue weighted by Gasteiger charge is -2.36.